The molecule has 33 heavy (non-hydrogen) atoms. The molecule has 1 N–H and O–H groups in total. The van der Waals surface area contributed by atoms with Crippen LogP contribution in [0.15, 0.2) is 82.7 Å². The summed E-state index contributed by atoms with van der Waals surface area (Å²) in [7, 11) is 0. The summed E-state index contributed by atoms with van der Waals surface area (Å²) >= 11 is 1.27. The molecule has 4 rings (SSSR count). The number of nitrogens with zero attached hydrogens (tertiary/aromatic N) is 2. The van der Waals surface area contributed by atoms with Crippen molar-refractivity contribution in [2.24, 2.45) is 4.99 Å². The molecule has 3 aromatic rings. The number of ether oxygens (including phenoxy) is 1. The van der Waals surface area contributed by atoms with Crippen molar-refractivity contribution in [3.8, 4) is 5.75 Å². The zero-order chi connectivity index (χ0) is 23.2. The Hall–Kier alpha value is -3.91. The summed E-state index contributed by atoms with van der Waals surface area (Å²) in [5.41, 5.74) is 3.43. The molecule has 3 aromatic carbocycles. The fraction of sp³-hybridized carbons (Fsp3) is 0.120. The van der Waals surface area contributed by atoms with E-state index >= 15 is 0 Å². The number of carbonyl (C=O) groups is 1. The lowest BCUT2D eigenvalue weighted by Crippen LogP contribution is -2.19. The lowest BCUT2D eigenvalue weighted by Gasteiger charge is -2.09. The van der Waals surface area contributed by atoms with Crippen LogP contribution >= 0.6 is 11.8 Å². The SMILES string of the molecule is CCc1ccc(N=C2NC(=O)/C(=C/c3ccccc3OCc3cccc([N+](=O)[O-])c3)S2)cc1. The number of amides is 1. The molecule has 0 bridgehead atoms. The molecule has 8 heteroatoms. The van der Waals surface area contributed by atoms with Crippen molar-refractivity contribution in [3.63, 3.8) is 0 Å². The van der Waals surface area contributed by atoms with Gasteiger partial charge in [-0.3, -0.25) is 14.9 Å². The Morgan fingerprint density at radius 3 is 2.61 bits per heavy atom. The lowest BCUT2D eigenvalue weighted by atomic mass is 10.1. The second kappa shape index (κ2) is 10.1. The molecule has 0 saturated carbocycles. The van der Waals surface area contributed by atoms with Gasteiger partial charge in [0.2, 0.25) is 0 Å². The van der Waals surface area contributed by atoms with Crippen LogP contribution in [0.1, 0.15) is 23.6 Å². The first-order chi connectivity index (χ1) is 16.0. The Morgan fingerprint density at radius 2 is 1.85 bits per heavy atom. The number of hydrogen-bond donors (Lipinski definition) is 1. The highest BCUT2D eigenvalue weighted by atomic mass is 32.2. The molecule has 0 unspecified atom stereocenters. The first-order valence-electron chi connectivity index (χ1n) is 10.4. The molecule has 1 saturated heterocycles. The predicted octanol–water partition coefficient (Wildman–Crippen LogP) is 5.63. The number of aryl methyl sites for hydroxylation is 1. The van der Waals surface area contributed by atoms with Gasteiger partial charge < -0.3 is 10.1 Å². The fourth-order valence-corrected chi connectivity index (χ4v) is 4.03. The molecule has 0 aliphatic carbocycles. The molecule has 166 valence electrons. The Labute approximate surface area is 195 Å². The minimum Gasteiger partial charge on any atom is -0.488 e. The molecule has 0 spiro atoms. The van der Waals surface area contributed by atoms with Gasteiger partial charge in [-0.15, -0.1) is 0 Å². The van der Waals surface area contributed by atoms with Crippen molar-refractivity contribution in [3.05, 3.63) is 105 Å². The Kier molecular flexibility index (Phi) is 6.85. The number of hydrogen-bond acceptors (Lipinski definition) is 6. The summed E-state index contributed by atoms with van der Waals surface area (Å²) < 4.78 is 5.91. The van der Waals surface area contributed by atoms with Gasteiger partial charge in [0.1, 0.15) is 12.4 Å². The molecular formula is C25H21N3O4S. The van der Waals surface area contributed by atoms with Crippen molar-refractivity contribution >= 4 is 40.3 Å². The van der Waals surface area contributed by atoms with Crippen LogP contribution in [0, 0.1) is 10.1 Å². The van der Waals surface area contributed by atoms with Crippen LogP contribution in [-0.4, -0.2) is 16.0 Å². The van der Waals surface area contributed by atoms with Gasteiger partial charge in [0.25, 0.3) is 11.6 Å². The molecule has 0 atom stereocenters. The highest BCUT2D eigenvalue weighted by molar-refractivity contribution is 8.18. The van der Waals surface area contributed by atoms with Crippen molar-refractivity contribution in [1.82, 2.24) is 5.32 Å². The number of aliphatic imine (C=N–C) groups is 1. The van der Waals surface area contributed by atoms with Crippen molar-refractivity contribution in [1.29, 1.82) is 0 Å². The van der Waals surface area contributed by atoms with Crippen LogP contribution in [-0.2, 0) is 17.8 Å². The van der Waals surface area contributed by atoms with Gasteiger partial charge in [0.15, 0.2) is 5.17 Å². The molecule has 7 nitrogen and oxygen atoms in total. The average molecular weight is 460 g/mol. The van der Waals surface area contributed by atoms with E-state index in [0.717, 1.165) is 17.7 Å². The number of benzene rings is 3. The zero-order valence-corrected chi connectivity index (χ0v) is 18.7. The van der Waals surface area contributed by atoms with E-state index < -0.39 is 4.92 Å². The lowest BCUT2D eigenvalue weighted by molar-refractivity contribution is -0.384. The van der Waals surface area contributed by atoms with Gasteiger partial charge >= 0.3 is 0 Å². The molecule has 1 heterocycles. The maximum absolute atomic E-state index is 12.5. The van der Waals surface area contributed by atoms with Gasteiger partial charge in [-0.25, -0.2) is 4.99 Å². The van der Waals surface area contributed by atoms with Crippen LogP contribution in [0.4, 0.5) is 11.4 Å². The molecular weight excluding hydrogens is 438 g/mol. The standard InChI is InChI=1S/C25H21N3O4S/c1-2-17-10-12-20(13-11-17)26-25-27-24(29)23(33-25)15-19-7-3-4-9-22(19)32-16-18-6-5-8-21(14-18)28(30)31/h3-15H,2,16H2,1H3,(H,26,27,29)/b23-15-. The third-order valence-electron chi connectivity index (χ3n) is 4.95. The minimum absolute atomic E-state index is 0.0154. The molecule has 1 amide bonds. The summed E-state index contributed by atoms with van der Waals surface area (Å²) in [6.45, 7) is 2.26. The number of non-ortho nitro benzene ring substituents is 1. The van der Waals surface area contributed by atoms with Crippen LogP contribution in [0.2, 0.25) is 0 Å². The van der Waals surface area contributed by atoms with Gasteiger partial charge in [-0.1, -0.05) is 49.4 Å². The topological polar surface area (TPSA) is 93.8 Å². The van der Waals surface area contributed by atoms with Gasteiger partial charge in [0, 0.05) is 17.7 Å². The van der Waals surface area contributed by atoms with E-state index in [0.29, 0.717) is 21.4 Å². The van der Waals surface area contributed by atoms with E-state index in [1.54, 1.807) is 24.3 Å². The summed E-state index contributed by atoms with van der Waals surface area (Å²) in [5.74, 6) is 0.350. The first-order valence-corrected chi connectivity index (χ1v) is 11.2. The van der Waals surface area contributed by atoms with E-state index in [1.807, 2.05) is 42.5 Å². The second-order valence-corrected chi connectivity index (χ2v) is 8.29. The van der Waals surface area contributed by atoms with Crippen LogP contribution in [0.25, 0.3) is 6.08 Å². The van der Waals surface area contributed by atoms with Crippen LogP contribution < -0.4 is 10.1 Å². The third-order valence-corrected chi connectivity index (χ3v) is 5.86. The van der Waals surface area contributed by atoms with Gasteiger partial charge in [0.05, 0.1) is 15.5 Å². The summed E-state index contributed by atoms with van der Waals surface area (Å²) in [6.07, 6.45) is 2.71. The van der Waals surface area contributed by atoms with E-state index in [4.69, 9.17) is 4.74 Å². The van der Waals surface area contributed by atoms with Crippen molar-refractivity contribution in [2.45, 2.75) is 20.0 Å². The first kappa shape index (κ1) is 22.3. The smallest absolute Gasteiger partial charge is 0.269 e. The quantitative estimate of drug-likeness (QED) is 0.281. The summed E-state index contributed by atoms with van der Waals surface area (Å²) in [6, 6.07) is 21.5. The molecule has 1 fully saturated rings. The number of carbonyl (C=O) groups excluding carboxylic acids is 1. The van der Waals surface area contributed by atoms with E-state index in [-0.39, 0.29) is 18.2 Å². The number of amidine groups is 1. The highest BCUT2D eigenvalue weighted by Gasteiger charge is 2.24. The zero-order valence-electron chi connectivity index (χ0n) is 17.9. The number of para-hydroxylation sites is 1. The molecule has 1 aliphatic heterocycles. The third kappa shape index (κ3) is 5.67. The number of nitro benzene ring substituents is 1. The van der Waals surface area contributed by atoms with E-state index in [9.17, 15) is 14.9 Å². The average Bonchev–Trinajstić information content (AvgIpc) is 3.17. The monoisotopic (exact) mass is 459 g/mol. The van der Waals surface area contributed by atoms with E-state index in [1.165, 1.54) is 29.5 Å². The number of rotatable bonds is 7. The van der Waals surface area contributed by atoms with E-state index in [2.05, 4.69) is 17.2 Å². The highest BCUT2D eigenvalue weighted by Crippen LogP contribution is 2.31. The Morgan fingerprint density at radius 1 is 1.06 bits per heavy atom. The van der Waals surface area contributed by atoms with Crippen LogP contribution in [0.5, 0.6) is 5.75 Å². The van der Waals surface area contributed by atoms with Gasteiger partial charge in [-0.05, 0) is 53.6 Å². The number of nitro groups is 1. The van der Waals surface area contributed by atoms with Crippen molar-refractivity contribution in [2.75, 3.05) is 0 Å². The molecule has 0 radical (unpaired) electrons. The fourth-order valence-electron chi connectivity index (χ4n) is 3.20. The van der Waals surface area contributed by atoms with Crippen molar-refractivity contribution < 1.29 is 14.5 Å². The normalized spacial score (nSPS) is 15.6. The number of thioether (sulfide) groups is 1. The second-order valence-electron chi connectivity index (χ2n) is 7.26. The Balaban J connectivity index is 1.50. The molecule has 0 aromatic heterocycles. The predicted molar refractivity (Wildman–Crippen MR) is 130 cm³/mol. The molecule has 1 aliphatic rings. The maximum atomic E-state index is 12.5. The summed E-state index contributed by atoms with van der Waals surface area (Å²) in [5, 5.41) is 14.3. The Bertz CT molecular complexity index is 1250. The number of nitrogens with one attached hydrogen (secondary N) is 1. The van der Waals surface area contributed by atoms with Gasteiger partial charge in [-0.2, -0.15) is 0 Å². The largest absolute Gasteiger partial charge is 0.488 e. The maximum Gasteiger partial charge on any atom is 0.269 e. The van der Waals surface area contributed by atoms with Crippen LogP contribution in [0.3, 0.4) is 0 Å². The minimum atomic E-state index is -0.435. The summed E-state index contributed by atoms with van der Waals surface area (Å²) in [4.78, 5) is 28.1.